The third kappa shape index (κ3) is 5.57. The van der Waals surface area contributed by atoms with Gasteiger partial charge in [0, 0.05) is 6.54 Å². The zero-order valence-electron chi connectivity index (χ0n) is 17.0. The lowest BCUT2D eigenvalue weighted by molar-refractivity contribution is -0.123. The molecule has 0 atom stereocenters. The summed E-state index contributed by atoms with van der Waals surface area (Å²) in [6, 6.07) is 11.7. The largest absolute Gasteiger partial charge is 0.488 e. The van der Waals surface area contributed by atoms with E-state index in [2.05, 4.69) is 15.9 Å². The molecule has 0 bridgehead atoms. The molecule has 0 unspecified atom stereocenters. The lowest BCUT2D eigenvalue weighted by Crippen LogP contribution is -2.34. The van der Waals surface area contributed by atoms with Crippen LogP contribution in [0.25, 0.3) is 6.08 Å². The summed E-state index contributed by atoms with van der Waals surface area (Å²) in [5.41, 5.74) is 1.67. The number of carbonyl (C=O) groups is 2. The van der Waals surface area contributed by atoms with Gasteiger partial charge in [-0.25, -0.2) is 4.39 Å². The molecule has 1 saturated carbocycles. The second kappa shape index (κ2) is 10.0. The van der Waals surface area contributed by atoms with Gasteiger partial charge in [-0.2, -0.15) is 0 Å². The highest BCUT2D eigenvalue weighted by Gasteiger charge is 2.36. The number of hydrogen-bond donors (Lipinski definition) is 0. The van der Waals surface area contributed by atoms with E-state index in [1.54, 1.807) is 18.2 Å². The van der Waals surface area contributed by atoms with Crippen molar-refractivity contribution >= 4 is 44.9 Å². The van der Waals surface area contributed by atoms with Crippen molar-refractivity contribution in [1.29, 1.82) is 0 Å². The second-order valence-electron chi connectivity index (χ2n) is 7.90. The fourth-order valence-corrected chi connectivity index (χ4v) is 5.26. The van der Waals surface area contributed by atoms with Gasteiger partial charge in [0.1, 0.15) is 18.2 Å². The van der Waals surface area contributed by atoms with Gasteiger partial charge in [-0.15, -0.1) is 0 Å². The molecule has 0 spiro atoms. The number of amides is 2. The Morgan fingerprint density at radius 3 is 2.55 bits per heavy atom. The minimum Gasteiger partial charge on any atom is -0.488 e. The minimum absolute atomic E-state index is 0.180. The quantitative estimate of drug-likeness (QED) is 0.407. The lowest BCUT2D eigenvalue weighted by Gasteiger charge is -2.25. The van der Waals surface area contributed by atoms with E-state index < -0.39 is 0 Å². The van der Waals surface area contributed by atoms with Gasteiger partial charge in [-0.05, 0) is 87.9 Å². The number of nitrogens with zero attached hydrogens (tertiary/aromatic N) is 1. The highest BCUT2D eigenvalue weighted by Crippen LogP contribution is 2.36. The zero-order valence-corrected chi connectivity index (χ0v) is 19.4. The van der Waals surface area contributed by atoms with E-state index in [1.165, 1.54) is 36.3 Å². The first kappa shape index (κ1) is 22.1. The molecular weight excluding hydrogens is 481 g/mol. The first-order valence-electron chi connectivity index (χ1n) is 10.4. The zero-order chi connectivity index (χ0) is 21.8. The summed E-state index contributed by atoms with van der Waals surface area (Å²) in [6.45, 7) is 0.847. The standard InChI is InChI=1S/C24H23BrFNO3S/c25-20-12-18(8-11-21(20)30-15-17-6-9-19(26)10-7-17)13-22-23(28)27(24(29)31-22)14-16-4-2-1-3-5-16/h6-13,16H,1-5,14-15H2/b22-13+. The number of thioether (sulfide) groups is 1. The van der Waals surface area contributed by atoms with Crippen LogP contribution in [0.15, 0.2) is 51.8 Å². The molecule has 2 fully saturated rings. The predicted octanol–water partition coefficient (Wildman–Crippen LogP) is 6.78. The van der Waals surface area contributed by atoms with Crippen LogP contribution in [-0.4, -0.2) is 22.6 Å². The number of imide groups is 1. The van der Waals surface area contributed by atoms with Gasteiger partial charge in [0.05, 0.1) is 9.38 Å². The molecule has 1 aliphatic heterocycles. The first-order valence-corrected chi connectivity index (χ1v) is 12.0. The van der Waals surface area contributed by atoms with Crippen LogP contribution in [0.1, 0.15) is 43.2 Å². The van der Waals surface area contributed by atoms with Crippen LogP contribution in [0.5, 0.6) is 5.75 Å². The Hall–Kier alpha value is -2.12. The van der Waals surface area contributed by atoms with E-state index in [9.17, 15) is 14.0 Å². The van der Waals surface area contributed by atoms with Crippen molar-refractivity contribution in [2.75, 3.05) is 6.54 Å². The molecule has 7 heteroatoms. The van der Waals surface area contributed by atoms with Crippen molar-refractivity contribution < 1.29 is 18.7 Å². The van der Waals surface area contributed by atoms with Crippen molar-refractivity contribution in [2.45, 2.75) is 38.7 Å². The molecule has 0 N–H and O–H groups in total. The summed E-state index contributed by atoms with van der Waals surface area (Å²) in [5.74, 6) is 0.589. The van der Waals surface area contributed by atoms with Gasteiger partial charge in [0.15, 0.2) is 0 Å². The Kier molecular flexibility index (Phi) is 7.13. The predicted molar refractivity (Wildman–Crippen MR) is 124 cm³/mol. The minimum atomic E-state index is -0.280. The summed E-state index contributed by atoms with van der Waals surface area (Å²) in [6.07, 6.45) is 7.54. The highest BCUT2D eigenvalue weighted by molar-refractivity contribution is 9.10. The molecule has 1 heterocycles. The van der Waals surface area contributed by atoms with Gasteiger partial charge in [0.2, 0.25) is 0 Å². The number of benzene rings is 2. The Balaban J connectivity index is 1.41. The molecule has 1 aliphatic carbocycles. The van der Waals surface area contributed by atoms with Crippen molar-refractivity contribution in [3.05, 3.63) is 68.8 Å². The molecule has 1 saturated heterocycles. The highest BCUT2D eigenvalue weighted by atomic mass is 79.9. The van der Waals surface area contributed by atoms with Crippen LogP contribution in [-0.2, 0) is 11.4 Å². The Labute approximate surface area is 194 Å². The van der Waals surface area contributed by atoms with Gasteiger partial charge < -0.3 is 4.74 Å². The van der Waals surface area contributed by atoms with Gasteiger partial charge in [-0.1, -0.05) is 37.5 Å². The third-order valence-electron chi connectivity index (χ3n) is 5.60. The molecule has 0 aromatic heterocycles. The third-order valence-corrected chi connectivity index (χ3v) is 7.13. The molecule has 31 heavy (non-hydrogen) atoms. The van der Waals surface area contributed by atoms with E-state index in [4.69, 9.17) is 4.74 Å². The van der Waals surface area contributed by atoms with Crippen LogP contribution < -0.4 is 4.74 Å². The van der Waals surface area contributed by atoms with Crippen molar-refractivity contribution in [3.63, 3.8) is 0 Å². The van der Waals surface area contributed by atoms with Gasteiger partial charge in [-0.3, -0.25) is 14.5 Å². The Morgan fingerprint density at radius 2 is 1.84 bits per heavy atom. The molecule has 4 nitrogen and oxygen atoms in total. The average molecular weight is 504 g/mol. The van der Waals surface area contributed by atoms with Crippen LogP contribution in [0.4, 0.5) is 9.18 Å². The molecule has 0 radical (unpaired) electrons. The van der Waals surface area contributed by atoms with Gasteiger partial charge >= 0.3 is 0 Å². The van der Waals surface area contributed by atoms with Crippen molar-refractivity contribution in [2.24, 2.45) is 5.92 Å². The van der Waals surface area contributed by atoms with Crippen molar-refractivity contribution in [3.8, 4) is 5.75 Å². The monoisotopic (exact) mass is 503 g/mol. The lowest BCUT2D eigenvalue weighted by atomic mass is 9.89. The van der Waals surface area contributed by atoms with Crippen LogP contribution in [0.2, 0.25) is 0 Å². The molecule has 2 aliphatic rings. The summed E-state index contributed by atoms with van der Waals surface area (Å²) >= 11 is 4.51. The Bertz CT molecular complexity index is 1000. The summed E-state index contributed by atoms with van der Waals surface area (Å²) in [5, 5.41) is -0.180. The number of ether oxygens (including phenoxy) is 1. The van der Waals surface area contributed by atoms with Crippen LogP contribution in [0.3, 0.4) is 0 Å². The first-order chi connectivity index (χ1) is 15.0. The molecular formula is C24H23BrFNO3S. The summed E-state index contributed by atoms with van der Waals surface area (Å²) < 4.78 is 19.6. The number of carbonyl (C=O) groups excluding carboxylic acids is 2. The van der Waals surface area contributed by atoms with E-state index in [-0.39, 0.29) is 17.0 Å². The van der Waals surface area contributed by atoms with Gasteiger partial charge in [0.25, 0.3) is 11.1 Å². The van der Waals surface area contributed by atoms with E-state index in [1.807, 2.05) is 18.2 Å². The Morgan fingerprint density at radius 1 is 1.10 bits per heavy atom. The van der Waals surface area contributed by atoms with Crippen LogP contribution >= 0.6 is 27.7 Å². The average Bonchev–Trinajstić information content (AvgIpc) is 3.02. The SMILES string of the molecule is O=C1S/C(=C/c2ccc(OCc3ccc(F)cc3)c(Br)c2)C(=O)N1CC1CCCCC1. The van der Waals surface area contributed by atoms with E-state index >= 15 is 0 Å². The molecule has 162 valence electrons. The normalized spacial score (nSPS) is 18.8. The van der Waals surface area contributed by atoms with Crippen molar-refractivity contribution in [1.82, 2.24) is 4.90 Å². The van der Waals surface area contributed by atoms with E-state index in [0.29, 0.717) is 29.7 Å². The second-order valence-corrected chi connectivity index (χ2v) is 9.75. The number of rotatable bonds is 6. The maximum atomic E-state index is 13.0. The molecule has 2 aromatic rings. The number of hydrogen-bond acceptors (Lipinski definition) is 4. The number of halogens is 2. The topological polar surface area (TPSA) is 46.6 Å². The maximum Gasteiger partial charge on any atom is 0.293 e. The molecule has 4 rings (SSSR count). The van der Waals surface area contributed by atoms with E-state index in [0.717, 1.165) is 40.2 Å². The maximum absolute atomic E-state index is 13.0. The smallest absolute Gasteiger partial charge is 0.293 e. The molecule has 2 aromatic carbocycles. The fraction of sp³-hybridized carbons (Fsp3) is 0.333. The van der Waals surface area contributed by atoms with Crippen LogP contribution in [0, 0.1) is 11.7 Å². The summed E-state index contributed by atoms with van der Waals surface area (Å²) in [4.78, 5) is 27.0. The fourth-order valence-electron chi connectivity index (χ4n) is 3.90. The summed E-state index contributed by atoms with van der Waals surface area (Å²) in [7, 11) is 0. The molecule has 2 amide bonds.